The lowest BCUT2D eigenvalue weighted by molar-refractivity contribution is -0.131. The summed E-state index contributed by atoms with van der Waals surface area (Å²) in [6.07, 6.45) is 2.80. The summed E-state index contributed by atoms with van der Waals surface area (Å²) < 4.78 is 1.31. The second-order valence-electron chi connectivity index (χ2n) is 3.20. The van der Waals surface area contributed by atoms with Crippen molar-refractivity contribution < 1.29 is 9.90 Å². The number of carbonyl (C=O) groups is 1. The Hall–Kier alpha value is -1.04. The fourth-order valence-electron chi connectivity index (χ4n) is 1.20. The van der Waals surface area contributed by atoms with Crippen LogP contribution in [0.1, 0.15) is 9.75 Å². The molecule has 2 rings (SSSR count). The van der Waals surface area contributed by atoms with Gasteiger partial charge in [0.15, 0.2) is 0 Å². The van der Waals surface area contributed by atoms with Gasteiger partial charge in [0, 0.05) is 21.6 Å². The monoisotopic (exact) mass is 282 g/mol. The van der Waals surface area contributed by atoms with E-state index >= 15 is 0 Å². The largest absolute Gasteiger partial charge is 0.478 e. The molecule has 2 aromatic rings. The molecule has 0 aliphatic rings. The van der Waals surface area contributed by atoms with Gasteiger partial charge in [-0.3, -0.25) is 0 Å². The van der Waals surface area contributed by atoms with Crippen LogP contribution in [0.3, 0.4) is 0 Å². The summed E-state index contributed by atoms with van der Waals surface area (Å²) in [4.78, 5) is 12.6. The zero-order valence-corrected chi connectivity index (χ0v) is 11.3. The van der Waals surface area contributed by atoms with Crippen LogP contribution in [0.25, 0.3) is 6.08 Å². The average molecular weight is 282 g/mol. The molecule has 0 unspecified atom stereocenters. The zero-order chi connectivity index (χ0) is 12.1. The summed E-state index contributed by atoms with van der Waals surface area (Å²) in [7, 11) is 0. The fraction of sp³-hybridized carbons (Fsp3) is 0.0833. The molecule has 2 aromatic heterocycles. The molecule has 0 atom stereocenters. The van der Waals surface area contributed by atoms with Crippen molar-refractivity contribution in [3.8, 4) is 0 Å². The van der Waals surface area contributed by atoms with Crippen LogP contribution in [0.4, 0.5) is 0 Å². The highest BCUT2D eigenvalue weighted by atomic mass is 32.2. The van der Waals surface area contributed by atoms with Crippen molar-refractivity contribution in [3.05, 3.63) is 45.5 Å². The van der Waals surface area contributed by atoms with Crippen molar-refractivity contribution in [2.75, 3.05) is 0 Å². The van der Waals surface area contributed by atoms with Crippen molar-refractivity contribution in [2.45, 2.75) is 9.96 Å². The van der Waals surface area contributed by atoms with Crippen LogP contribution in [-0.2, 0) is 10.5 Å². The summed E-state index contributed by atoms with van der Waals surface area (Å²) in [5.74, 6) is 0.0273. The first-order chi connectivity index (χ1) is 8.24. The van der Waals surface area contributed by atoms with Crippen LogP contribution < -0.4 is 0 Å². The number of hydrogen-bond acceptors (Lipinski definition) is 4. The van der Waals surface area contributed by atoms with Crippen LogP contribution in [0.15, 0.2) is 39.9 Å². The third kappa shape index (κ3) is 4.03. The van der Waals surface area contributed by atoms with Gasteiger partial charge in [0.25, 0.3) is 0 Å². The van der Waals surface area contributed by atoms with E-state index < -0.39 is 5.97 Å². The molecule has 0 aromatic carbocycles. The molecule has 17 heavy (non-hydrogen) atoms. The molecular weight excluding hydrogens is 272 g/mol. The summed E-state index contributed by atoms with van der Waals surface area (Å²) in [5, 5.41) is 10.6. The highest BCUT2D eigenvalue weighted by molar-refractivity contribution is 8.00. The summed E-state index contributed by atoms with van der Waals surface area (Å²) >= 11 is 5.18. The molecule has 2 nitrogen and oxygen atoms in total. The zero-order valence-electron chi connectivity index (χ0n) is 8.83. The van der Waals surface area contributed by atoms with Gasteiger partial charge in [0.05, 0.1) is 4.21 Å². The number of thiophene rings is 2. The first-order valence-corrected chi connectivity index (χ1v) is 7.58. The minimum atomic E-state index is -0.909. The third-order valence-corrected chi connectivity index (χ3v) is 5.34. The molecule has 0 amide bonds. The van der Waals surface area contributed by atoms with Gasteiger partial charge in [0.2, 0.25) is 0 Å². The maximum atomic E-state index is 10.4. The second-order valence-corrected chi connectivity index (χ2v) is 6.62. The summed E-state index contributed by atoms with van der Waals surface area (Å²) in [6, 6.07) is 8.15. The van der Waals surface area contributed by atoms with E-state index in [-0.39, 0.29) is 0 Å². The van der Waals surface area contributed by atoms with Crippen LogP contribution in [-0.4, -0.2) is 11.1 Å². The van der Waals surface area contributed by atoms with Gasteiger partial charge >= 0.3 is 5.97 Å². The molecule has 0 aliphatic carbocycles. The Balaban J connectivity index is 1.92. The molecule has 0 aliphatic heterocycles. The van der Waals surface area contributed by atoms with Crippen LogP contribution in [0.2, 0.25) is 0 Å². The van der Waals surface area contributed by atoms with Crippen LogP contribution in [0, 0.1) is 0 Å². The minimum Gasteiger partial charge on any atom is -0.478 e. The molecule has 1 N–H and O–H groups in total. The van der Waals surface area contributed by atoms with E-state index in [1.165, 1.54) is 15.2 Å². The van der Waals surface area contributed by atoms with E-state index in [9.17, 15) is 4.79 Å². The highest BCUT2D eigenvalue weighted by Gasteiger charge is 2.00. The first kappa shape index (κ1) is 12.4. The van der Waals surface area contributed by atoms with Gasteiger partial charge in [-0.15, -0.1) is 34.4 Å². The lowest BCUT2D eigenvalue weighted by Crippen LogP contribution is -1.84. The van der Waals surface area contributed by atoms with Gasteiger partial charge in [-0.25, -0.2) is 4.79 Å². The van der Waals surface area contributed by atoms with Crippen LogP contribution in [0.5, 0.6) is 0 Å². The van der Waals surface area contributed by atoms with Gasteiger partial charge in [-0.2, -0.15) is 0 Å². The molecule has 0 saturated carbocycles. The Morgan fingerprint density at radius 3 is 3.00 bits per heavy atom. The van der Waals surface area contributed by atoms with Crippen molar-refractivity contribution in [1.82, 2.24) is 0 Å². The molecule has 5 heteroatoms. The normalized spacial score (nSPS) is 11.1. The minimum absolute atomic E-state index is 0.909. The smallest absolute Gasteiger partial charge is 0.328 e. The van der Waals surface area contributed by atoms with Crippen LogP contribution >= 0.6 is 34.4 Å². The maximum Gasteiger partial charge on any atom is 0.328 e. The number of hydrogen-bond donors (Lipinski definition) is 1. The topological polar surface area (TPSA) is 37.3 Å². The predicted octanol–water partition coefficient (Wildman–Crippen LogP) is 4.20. The molecule has 88 valence electrons. The Morgan fingerprint density at radius 2 is 2.29 bits per heavy atom. The Bertz CT molecular complexity index is 512. The molecule has 0 radical (unpaired) electrons. The van der Waals surface area contributed by atoms with Crippen molar-refractivity contribution >= 4 is 46.5 Å². The highest BCUT2D eigenvalue weighted by Crippen LogP contribution is 2.30. The number of aliphatic carboxylic acids is 1. The standard InChI is InChI=1S/C12H10O2S3/c13-11(14)6-5-9-3-4-10(17-9)8-16-12-2-1-7-15-12/h1-7H,8H2,(H,13,14). The van der Waals surface area contributed by atoms with Gasteiger partial charge in [-0.1, -0.05) is 6.07 Å². The van der Waals surface area contributed by atoms with E-state index in [1.807, 2.05) is 18.2 Å². The van der Waals surface area contributed by atoms with E-state index in [0.717, 1.165) is 10.6 Å². The lowest BCUT2D eigenvalue weighted by Gasteiger charge is -1.93. The van der Waals surface area contributed by atoms with E-state index in [1.54, 1.807) is 40.5 Å². The molecule has 0 spiro atoms. The molecular formula is C12H10O2S3. The van der Waals surface area contributed by atoms with E-state index in [2.05, 4.69) is 11.4 Å². The van der Waals surface area contributed by atoms with Crippen molar-refractivity contribution in [3.63, 3.8) is 0 Å². The SMILES string of the molecule is O=C(O)C=Cc1ccc(CSc2cccs2)s1. The quantitative estimate of drug-likeness (QED) is 0.659. The molecule has 0 saturated heterocycles. The molecule has 0 bridgehead atoms. The van der Waals surface area contributed by atoms with Gasteiger partial charge in [-0.05, 0) is 29.7 Å². The van der Waals surface area contributed by atoms with Crippen molar-refractivity contribution in [2.24, 2.45) is 0 Å². The summed E-state index contributed by atoms with van der Waals surface area (Å²) in [5.41, 5.74) is 0. The second kappa shape index (κ2) is 6.05. The Morgan fingerprint density at radius 1 is 1.41 bits per heavy atom. The Labute approximate surface area is 112 Å². The van der Waals surface area contributed by atoms with Gasteiger partial charge in [0.1, 0.15) is 0 Å². The number of carboxylic acids is 1. The van der Waals surface area contributed by atoms with E-state index in [4.69, 9.17) is 5.11 Å². The molecule has 0 fully saturated rings. The van der Waals surface area contributed by atoms with E-state index in [0.29, 0.717) is 0 Å². The number of carboxylic acid groups (broad SMARTS) is 1. The predicted molar refractivity (Wildman–Crippen MR) is 74.9 cm³/mol. The first-order valence-electron chi connectivity index (χ1n) is 4.90. The molecule has 2 heterocycles. The lowest BCUT2D eigenvalue weighted by atomic mass is 10.4. The number of rotatable bonds is 5. The third-order valence-electron chi connectivity index (χ3n) is 1.92. The average Bonchev–Trinajstić information content (AvgIpc) is 2.95. The maximum absolute atomic E-state index is 10.4. The van der Waals surface area contributed by atoms with Crippen molar-refractivity contribution in [1.29, 1.82) is 0 Å². The Kier molecular flexibility index (Phi) is 4.42. The number of thioether (sulfide) groups is 1. The van der Waals surface area contributed by atoms with Gasteiger partial charge < -0.3 is 5.11 Å². The summed E-state index contributed by atoms with van der Waals surface area (Å²) in [6.45, 7) is 0. The fourth-order valence-corrected chi connectivity index (χ4v) is 3.95.